The lowest BCUT2D eigenvalue weighted by Gasteiger charge is -2.11. The van der Waals surface area contributed by atoms with Crippen LogP contribution in [0.25, 0.3) is 10.9 Å². The zero-order valence-corrected chi connectivity index (χ0v) is 14.8. The summed E-state index contributed by atoms with van der Waals surface area (Å²) in [6, 6.07) is 21.1. The van der Waals surface area contributed by atoms with Crippen molar-refractivity contribution in [3.05, 3.63) is 90.4 Å². The number of nitrogens with one attached hydrogen (secondary N) is 2. The molecule has 132 valence electrons. The minimum absolute atomic E-state index is 0.276. The number of carbonyl (C=O) groups is 1. The molecule has 0 aliphatic rings. The molecule has 0 saturated carbocycles. The summed E-state index contributed by atoms with van der Waals surface area (Å²) in [6.07, 6.45) is 3.33. The Balaban J connectivity index is 1.58. The molecule has 27 heavy (non-hydrogen) atoms. The lowest BCUT2D eigenvalue weighted by atomic mass is 10.2. The Labute approximate surface area is 157 Å². The van der Waals surface area contributed by atoms with Gasteiger partial charge in [0.25, 0.3) is 5.91 Å². The lowest BCUT2D eigenvalue weighted by Crippen LogP contribution is -2.14. The highest BCUT2D eigenvalue weighted by Crippen LogP contribution is 2.23. The molecule has 5 nitrogen and oxygen atoms in total. The Morgan fingerprint density at radius 1 is 0.852 bits per heavy atom. The van der Waals surface area contributed by atoms with Crippen LogP contribution in [0.4, 0.5) is 17.1 Å². The summed E-state index contributed by atoms with van der Waals surface area (Å²) in [7, 11) is 0. The molecule has 0 aliphatic carbocycles. The summed E-state index contributed by atoms with van der Waals surface area (Å²) in [4.78, 5) is 21.3. The molecule has 2 N–H and O–H groups in total. The van der Waals surface area contributed by atoms with E-state index in [0.717, 1.165) is 27.8 Å². The van der Waals surface area contributed by atoms with Crippen molar-refractivity contribution in [1.82, 2.24) is 9.97 Å². The van der Waals surface area contributed by atoms with Crippen LogP contribution in [-0.4, -0.2) is 15.9 Å². The molecule has 1 amide bonds. The number of rotatable bonds is 4. The standard InChI is InChI=1S/C22H18N4O/c1-15-6-2-3-9-18(15)25-17-11-13-23-20(14-17)22(27)26-19-10-4-7-16-8-5-12-24-21(16)19/h2-14H,1H3,(H,23,25)(H,26,27). The van der Waals surface area contributed by atoms with E-state index < -0.39 is 0 Å². The van der Waals surface area contributed by atoms with Crippen LogP contribution in [0.5, 0.6) is 0 Å². The minimum atomic E-state index is -0.276. The SMILES string of the molecule is Cc1ccccc1Nc1ccnc(C(=O)Nc2cccc3cccnc23)c1. The van der Waals surface area contributed by atoms with Crippen LogP contribution >= 0.6 is 0 Å². The van der Waals surface area contributed by atoms with Gasteiger partial charge in [0.1, 0.15) is 5.69 Å². The highest BCUT2D eigenvalue weighted by molar-refractivity contribution is 6.07. The van der Waals surface area contributed by atoms with Crippen LogP contribution in [-0.2, 0) is 0 Å². The van der Waals surface area contributed by atoms with Crippen LogP contribution in [0.3, 0.4) is 0 Å². The molecule has 2 heterocycles. The predicted octanol–water partition coefficient (Wildman–Crippen LogP) is 4.93. The molecule has 0 bridgehead atoms. The van der Waals surface area contributed by atoms with Crippen LogP contribution in [0.1, 0.15) is 16.1 Å². The third-order valence-corrected chi connectivity index (χ3v) is 4.30. The van der Waals surface area contributed by atoms with Crippen molar-refractivity contribution in [3.8, 4) is 0 Å². The molecule has 2 aromatic carbocycles. The topological polar surface area (TPSA) is 66.9 Å². The molecular weight excluding hydrogens is 336 g/mol. The third-order valence-electron chi connectivity index (χ3n) is 4.30. The van der Waals surface area contributed by atoms with Gasteiger partial charge < -0.3 is 10.6 Å². The molecule has 4 aromatic rings. The second-order valence-electron chi connectivity index (χ2n) is 6.20. The van der Waals surface area contributed by atoms with E-state index >= 15 is 0 Å². The van der Waals surface area contributed by atoms with Crippen molar-refractivity contribution < 1.29 is 4.79 Å². The largest absolute Gasteiger partial charge is 0.355 e. The van der Waals surface area contributed by atoms with E-state index in [-0.39, 0.29) is 5.91 Å². The lowest BCUT2D eigenvalue weighted by molar-refractivity contribution is 0.102. The number of anilines is 3. The highest BCUT2D eigenvalue weighted by atomic mass is 16.1. The summed E-state index contributed by atoms with van der Waals surface area (Å²) >= 11 is 0. The molecule has 5 heteroatoms. The highest BCUT2D eigenvalue weighted by Gasteiger charge is 2.11. The molecule has 0 atom stereocenters. The van der Waals surface area contributed by atoms with E-state index in [1.54, 1.807) is 18.5 Å². The number of benzene rings is 2. The number of hydrogen-bond acceptors (Lipinski definition) is 4. The Morgan fingerprint density at radius 2 is 1.67 bits per heavy atom. The average molecular weight is 354 g/mol. The van der Waals surface area contributed by atoms with E-state index in [9.17, 15) is 4.79 Å². The quantitative estimate of drug-likeness (QED) is 0.545. The van der Waals surface area contributed by atoms with Crippen molar-refractivity contribution in [3.63, 3.8) is 0 Å². The van der Waals surface area contributed by atoms with Gasteiger partial charge in [0.2, 0.25) is 0 Å². The monoisotopic (exact) mass is 354 g/mol. The van der Waals surface area contributed by atoms with Gasteiger partial charge in [-0.15, -0.1) is 0 Å². The smallest absolute Gasteiger partial charge is 0.274 e. The Bertz CT molecular complexity index is 1120. The van der Waals surface area contributed by atoms with E-state index in [1.165, 1.54) is 0 Å². The Hall–Kier alpha value is -3.73. The van der Waals surface area contributed by atoms with Crippen molar-refractivity contribution in [1.29, 1.82) is 0 Å². The van der Waals surface area contributed by atoms with Crippen molar-refractivity contribution >= 4 is 33.9 Å². The van der Waals surface area contributed by atoms with Gasteiger partial charge in [-0.2, -0.15) is 0 Å². The Morgan fingerprint density at radius 3 is 2.56 bits per heavy atom. The van der Waals surface area contributed by atoms with Gasteiger partial charge in [0.15, 0.2) is 0 Å². The summed E-state index contributed by atoms with van der Waals surface area (Å²) < 4.78 is 0. The molecule has 0 radical (unpaired) electrons. The molecule has 0 unspecified atom stereocenters. The maximum absolute atomic E-state index is 12.7. The first-order valence-corrected chi connectivity index (χ1v) is 8.64. The fourth-order valence-electron chi connectivity index (χ4n) is 2.89. The fraction of sp³-hybridized carbons (Fsp3) is 0.0455. The number of hydrogen-bond donors (Lipinski definition) is 2. The molecular formula is C22H18N4O. The number of para-hydroxylation sites is 2. The average Bonchev–Trinajstić information content (AvgIpc) is 2.70. The van der Waals surface area contributed by atoms with Crippen LogP contribution in [0.15, 0.2) is 79.1 Å². The third kappa shape index (κ3) is 3.62. The normalized spacial score (nSPS) is 10.6. The van der Waals surface area contributed by atoms with Crippen molar-refractivity contribution in [2.24, 2.45) is 0 Å². The van der Waals surface area contributed by atoms with Crippen molar-refractivity contribution in [2.45, 2.75) is 6.92 Å². The first-order chi connectivity index (χ1) is 13.2. The maximum atomic E-state index is 12.7. The zero-order chi connectivity index (χ0) is 18.6. The number of fused-ring (bicyclic) bond motifs is 1. The summed E-state index contributed by atoms with van der Waals surface area (Å²) in [5.41, 5.74) is 4.68. The number of aryl methyl sites for hydroxylation is 1. The van der Waals surface area contributed by atoms with Crippen LogP contribution in [0.2, 0.25) is 0 Å². The van der Waals surface area contributed by atoms with Gasteiger partial charge >= 0.3 is 0 Å². The van der Waals surface area contributed by atoms with Crippen molar-refractivity contribution in [2.75, 3.05) is 10.6 Å². The second-order valence-corrected chi connectivity index (χ2v) is 6.20. The summed E-state index contributed by atoms with van der Waals surface area (Å²) in [5.74, 6) is -0.276. The first kappa shape index (κ1) is 16.7. The molecule has 0 aliphatic heterocycles. The molecule has 4 rings (SSSR count). The van der Waals surface area contributed by atoms with Gasteiger partial charge in [-0.3, -0.25) is 14.8 Å². The van der Waals surface area contributed by atoms with Gasteiger partial charge in [-0.05, 0) is 42.8 Å². The molecule has 0 saturated heterocycles. The first-order valence-electron chi connectivity index (χ1n) is 8.64. The predicted molar refractivity (Wildman–Crippen MR) is 108 cm³/mol. The number of aromatic nitrogens is 2. The zero-order valence-electron chi connectivity index (χ0n) is 14.8. The van der Waals surface area contributed by atoms with Crippen LogP contribution < -0.4 is 10.6 Å². The second kappa shape index (κ2) is 7.25. The minimum Gasteiger partial charge on any atom is -0.355 e. The fourth-order valence-corrected chi connectivity index (χ4v) is 2.89. The molecule has 0 spiro atoms. The van der Waals surface area contributed by atoms with E-state index in [0.29, 0.717) is 11.4 Å². The number of nitrogens with zero attached hydrogens (tertiary/aromatic N) is 2. The van der Waals surface area contributed by atoms with Gasteiger partial charge in [0.05, 0.1) is 11.2 Å². The maximum Gasteiger partial charge on any atom is 0.274 e. The number of pyridine rings is 2. The number of amides is 1. The molecule has 2 aromatic heterocycles. The van der Waals surface area contributed by atoms with E-state index in [1.807, 2.05) is 67.6 Å². The van der Waals surface area contributed by atoms with Gasteiger partial charge in [-0.1, -0.05) is 36.4 Å². The Kier molecular flexibility index (Phi) is 4.49. The van der Waals surface area contributed by atoms with E-state index in [4.69, 9.17) is 0 Å². The molecule has 0 fully saturated rings. The summed E-state index contributed by atoms with van der Waals surface area (Å²) in [5, 5.41) is 7.21. The van der Waals surface area contributed by atoms with Gasteiger partial charge in [-0.25, -0.2) is 0 Å². The van der Waals surface area contributed by atoms with Crippen LogP contribution in [0, 0.1) is 6.92 Å². The van der Waals surface area contributed by atoms with E-state index in [2.05, 4.69) is 20.6 Å². The summed E-state index contributed by atoms with van der Waals surface area (Å²) in [6.45, 7) is 2.03. The van der Waals surface area contributed by atoms with Gasteiger partial charge in [0, 0.05) is 29.2 Å². The number of carbonyl (C=O) groups excluding carboxylic acids is 1.